The highest BCUT2D eigenvalue weighted by molar-refractivity contribution is 5.81. The predicted octanol–water partition coefficient (Wildman–Crippen LogP) is 3.31. The first-order valence-corrected chi connectivity index (χ1v) is 16.6. The third-order valence-electron chi connectivity index (χ3n) is 9.90. The quantitative estimate of drug-likeness (QED) is 0.124. The summed E-state index contributed by atoms with van der Waals surface area (Å²) in [6.45, 7) is 0. The van der Waals surface area contributed by atoms with E-state index in [9.17, 15) is 24.9 Å². The Hall–Kier alpha value is -4.38. The molecule has 0 radical (unpaired) electrons. The summed E-state index contributed by atoms with van der Waals surface area (Å²) in [6, 6.07) is 31.4. The van der Waals surface area contributed by atoms with Gasteiger partial charge in [-0.25, -0.2) is 0 Å². The second-order valence-corrected chi connectivity index (χ2v) is 13.2. The SMILES string of the molecule is NC1c2ccccc2C(NC(=O)C(Cc2ccccc2)CC(O)CC(Cc2ccccc2)C(=O)NC2c3ccccc3C(N)C2O)C1O. The van der Waals surface area contributed by atoms with Crippen molar-refractivity contribution in [3.05, 3.63) is 143 Å². The molecule has 0 heterocycles. The number of carbonyl (C=O) groups is 2. The van der Waals surface area contributed by atoms with Crippen molar-refractivity contribution >= 4 is 11.8 Å². The molecule has 2 amide bonds. The largest absolute Gasteiger partial charge is 0.393 e. The average molecular weight is 649 g/mol. The number of aliphatic hydroxyl groups excluding tert-OH is 3. The fourth-order valence-corrected chi connectivity index (χ4v) is 7.33. The maximum Gasteiger partial charge on any atom is 0.224 e. The van der Waals surface area contributed by atoms with E-state index in [1.165, 1.54) is 0 Å². The minimum atomic E-state index is -1.00. The topological polar surface area (TPSA) is 171 Å². The van der Waals surface area contributed by atoms with Crippen LogP contribution >= 0.6 is 0 Å². The molecule has 2 aliphatic carbocycles. The molecule has 250 valence electrons. The Morgan fingerprint density at radius 3 is 1.27 bits per heavy atom. The van der Waals surface area contributed by atoms with Crippen molar-refractivity contribution in [1.82, 2.24) is 10.6 Å². The molecule has 2 aliphatic rings. The summed E-state index contributed by atoms with van der Waals surface area (Å²) in [4.78, 5) is 27.9. The van der Waals surface area contributed by atoms with E-state index in [1.807, 2.05) is 109 Å². The third kappa shape index (κ3) is 7.21. The fraction of sp³-hybridized carbons (Fsp3) is 0.333. The van der Waals surface area contributed by atoms with Gasteiger partial charge in [0.1, 0.15) is 0 Å². The highest BCUT2D eigenvalue weighted by atomic mass is 16.3. The van der Waals surface area contributed by atoms with Crippen LogP contribution in [0.5, 0.6) is 0 Å². The number of carbonyl (C=O) groups excluding carboxylic acids is 2. The first kappa shape index (κ1) is 33.5. The minimum absolute atomic E-state index is 0.0928. The molecule has 0 aromatic heterocycles. The molecule has 8 atom stereocenters. The predicted molar refractivity (Wildman–Crippen MR) is 183 cm³/mol. The van der Waals surface area contributed by atoms with Gasteiger partial charge in [-0.15, -0.1) is 0 Å². The van der Waals surface area contributed by atoms with E-state index in [0.29, 0.717) is 12.8 Å². The van der Waals surface area contributed by atoms with Crippen molar-refractivity contribution in [3.63, 3.8) is 0 Å². The molecule has 9 heteroatoms. The number of fused-ring (bicyclic) bond motifs is 2. The molecule has 0 bridgehead atoms. The lowest BCUT2D eigenvalue weighted by atomic mass is 9.86. The van der Waals surface area contributed by atoms with Gasteiger partial charge in [0.25, 0.3) is 0 Å². The van der Waals surface area contributed by atoms with Crippen LogP contribution in [0.15, 0.2) is 109 Å². The maximum absolute atomic E-state index is 13.9. The summed E-state index contributed by atoms with van der Waals surface area (Å²) < 4.78 is 0. The summed E-state index contributed by atoms with van der Waals surface area (Å²) in [7, 11) is 0. The molecular weight excluding hydrogens is 604 g/mol. The number of rotatable bonds is 12. The van der Waals surface area contributed by atoms with Crippen LogP contribution in [0.2, 0.25) is 0 Å². The summed E-state index contributed by atoms with van der Waals surface area (Å²) >= 11 is 0. The van der Waals surface area contributed by atoms with Gasteiger partial charge in [-0.2, -0.15) is 0 Å². The smallest absolute Gasteiger partial charge is 0.224 e. The van der Waals surface area contributed by atoms with Crippen molar-refractivity contribution in [1.29, 1.82) is 0 Å². The molecule has 0 fully saturated rings. The number of amides is 2. The van der Waals surface area contributed by atoms with Gasteiger partial charge in [0.05, 0.1) is 42.5 Å². The van der Waals surface area contributed by atoms with E-state index < -0.39 is 54.3 Å². The molecule has 8 unspecified atom stereocenters. The number of aliphatic hydroxyl groups is 3. The molecule has 48 heavy (non-hydrogen) atoms. The van der Waals surface area contributed by atoms with Crippen molar-refractivity contribution in [2.75, 3.05) is 0 Å². The number of hydrogen-bond donors (Lipinski definition) is 7. The monoisotopic (exact) mass is 648 g/mol. The van der Waals surface area contributed by atoms with E-state index in [0.717, 1.165) is 33.4 Å². The molecule has 9 nitrogen and oxygen atoms in total. The Morgan fingerprint density at radius 1 is 0.562 bits per heavy atom. The average Bonchev–Trinajstić information content (AvgIpc) is 3.49. The Kier molecular flexibility index (Phi) is 10.3. The lowest BCUT2D eigenvalue weighted by Gasteiger charge is -2.27. The van der Waals surface area contributed by atoms with Crippen LogP contribution in [0.3, 0.4) is 0 Å². The highest BCUT2D eigenvalue weighted by Gasteiger charge is 2.41. The van der Waals surface area contributed by atoms with Gasteiger partial charge in [-0.1, -0.05) is 109 Å². The molecule has 4 aromatic rings. The minimum Gasteiger partial charge on any atom is -0.393 e. The van der Waals surface area contributed by atoms with E-state index in [-0.39, 0.29) is 24.7 Å². The van der Waals surface area contributed by atoms with Crippen LogP contribution < -0.4 is 22.1 Å². The molecule has 0 saturated heterocycles. The molecule has 9 N–H and O–H groups in total. The third-order valence-corrected chi connectivity index (χ3v) is 9.90. The van der Waals surface area contributed by atoms with Crippen molar-refractivity contribution in [2.45, 2.75) is 68.2 Å². The Bertz CT molecular complexity index is 1580. The van der Waals surface area contributed by atoms with Gasteiger partial charge < -0.3 is 37.4 Å². The van der Waals surface area contributed by atoms with Crippen LogP contribution in [0.4, 0.5) is 0 Å². The Balaban J connectivity index is 1.20. The van der Waals surface area contributed by atoms with Gasteiger partial charge in [0.2, 0.25) is 11.8 Å². The van der Waals surface area contributed by atoms with E-state index in [2.05, 4.69) is 10.6 Å². The van der Waals surface area contributed by atoms with E-state index in [4.69, 9.17) is 11.5 Å². The molecule has 0 spiro atoms. The normalized spacial score (nSPS) is 24.6. The van der Waals surface area contributed by atoms with Crippen LogP contribution in [0, 0.1) is 11.8 Å². The first-order valence-electron chi connectivity index (χ1n) is 16.6. The van der Waals surface area contributed by atoms with Gasteiger partial charge >= 0.3 is 0 Å². The zero-order chi connectivity index (χ0) is 33.8. The van der Waals surface area contributed by atoms with Crippen molar-refractivity contribution in [2.24, 2.45) is 23.3 Å². The molecule has 4 aromatic carbocycles. The number of hydrogen-bond acceptors (Lipinski definition) is 7. The van der Waals surface area contributed by atoms with Gasteiger partial charge in [-0.3, -0.25) is 9.59 Å². The summed E-state index contributed by atoms with van der Waals surface area (Å²) in [5.74, 6) is -1.93. The zero-order valence-corrected chi connectivity index (χ0v) is 26.7. The van der Waals surface area contributed by atoms with E-state index >= 15 is 0 Å². The highest BCUT2D eigenvalue weighted by Crippen LogP contribution is 2.39. The van der Waals surface area contributed by atoms with E-state index in [1.54, 1.807) is 0 Å². The van der Waals surface area contributed by atoms with Crippen molar-refractivity contribution in [3.8, 4) is 0 Å². The fourth-order valence-electron chi connectivity index (χ4n) is 7.33. The van der Waals surface area contributed by atoms with Crippen molar-refractivity contribution < 1.29 is 24.9 Å². The number of nitrogens with one attached hydrogen (secondary N) is 2. The number of nitrogens with two attached hydrogens (primary N) is 2. The lowest BCUT2D eigenvalue weighted by Crippen LogP contribution is -2.42. The Morgan fingerprint density at radius 2 is 0.896 bits per heavy atom. The van der Waals surface area contributed by atoms with Crippen LogP contribution in [-0.2, 0) is 22.4 Å². The molecule has 0 aliphatic heterocycles. The summed E-state index contributed by atoms with van der Waals surface area (Å²) in [5, 5.41) is 39.5. The van der Waals surface area contributed by atoms with Gasteiger partial charge in [0.15, 0.2) is 0 Å². The van der Waals surface area contributed by atoms with Crippen LogP contribution in [0.1, 0.15) is 70.4 Å². The molecular formula is C39H44N4O5. The van der Waals surface area contributed by atoms with Crippen LogP contribution in [-0.4, -0.2) is 45.4 Å². The van der Waals surface area contributed by atoms with Crippen LogP contribution in [0.25, 0.3) is 0 Å². The second-order valence-electron chi connectivity index (χ2n) is 13.2. The Labute approximate surface area is 281 Å². The molecule has 6 rings (SSSR count). The summed E-state index contributed by atoms with van der Waals surface area (Å²) in [6.07, 6.45) is -2.08. The van der Waals surface area contributed by atoms with Gasteiger partial charge in [0, 0.05) is 11.8 Å². The lowest BCUT2D eigenvalue weighted by molar-refractivity contribution is -0.128. The number of benzene rings is 4. The molecule has 0 saturated carbocycles. The maximum atomic E-state index is 13.9. The first-order chi connectivity index (χ1) is 23.2. The van der Waals surface area contributed by atoms with Gasteiger partial charge in [-0.05, 0) is 59.1 Å². The standard InChI is InChI=1S/C39H44N4O5/c40-32-28-15-7-9-17-30(28)34(36(32)45)42-38(47)25(19-23-11-3-1-4-12-23)21-27(44)22-26(20-24-13-5-2-6-14-24)39(48)43-35-31-18-10-8-16-29(31)33(41)37(35)46/h1-18,25-27,32-37,44-46H,19-22,40-41H2,(H,42,47)(H,43,48). The zero-order valence-electron chi connectivity index (χ0n) is 26.7. The summed E-state index contributed by atoms with van der Waals surface area (Å²) in [5.41, 5.74) is 17.6. The second kappa shape index (κ2) is 14.8.